The summed E-state index contributed by atoms with van der Waals surface area (Å²) >= 11 is 0. The topological polar surface area (TPSA) is 60.2 Å². The summed E-state index contributed by atoms with van der Waals surface area (Å²) in [5.74, 6) is 0.718. The molecule has 0 amide bonds. The van der Waals surface area contributed by atoms with E-state index in [1.165, 1.54) is 0 Å². The van der Waals surface area contributed by atoms with E-state index in [1.807, 2.05) is 6.92 Å². The van der Waals surface area contributed by atoms with Gasteiger partial charge in [-0.15, -0.1) is 5.10 Å². The monoisotopic (exact) mass is 253 g/mol. The van der Waals surface area contributed by atoms with Gasteiger partial charge in [0, 0.05) is 13.7 Å². The lowest BCUT2D eigenvalue weighted by Crippen LogP contribution is -2.43. The maximum atomic E-state index is 10.7. The van der Waals surface area contributed by atoms with Gasteiger partial charge in [-0.05, 0) is 38.5 Å². The van der Waals surface area contributed by atoms with Crippen molar-refractivity contribution in [1.82, 2.24) is 15.0 Å². The molecular formula is C13H23N3O2. The number of ether oxygens (including phenoxy) is 1. The molecule has 0 radical (unpaired) electrons. The molecule has 1 N–H and O–H groups in total. The normalized spacial score (nSPS) is 30.3. The van der Waals surface area contributed by atoms with Crippen LogP contribution in [0.2, 0.25) is 0 Å². The number of nitrogens with zero attached hydrogens (tertiary/aromatic N) is 3. The number of aryl methyl sites for hydroxylation is 1. The standard InChI is InChI=1S/C13H23N3O2/c1-4-18-13(7-5-10(2)6-8-13)12(17)11-9-14-15-16(11)3/h9-10,12,17H,4-8H2,1-3H3. The maximum Gasteiger partial charge on any atom is 0.126 e. The minimum Gasteiger partial charge on any atom is -0.384 e. The molecule has 1 aromatic heterocycles. The second kappa shape index (κ2) is 5.36. The first kappa shape index (κ1) is 13.5. The fraction of sp³-hybridized carbons (Fsp3) is 0.846. The lowest BCUT2D eigenvalue weighted by Gasteiger charge is -2.42. The smallest absolute Gasteiger partial charge is 0.126 e. The molecule has 1 fully saturated rings. The van der Waals surface area contributed by atoms with E-state index in [0.717, 1.165) is 37.3 Å². The summed E-state index contributed by atoms with van der Waals surface area (Å²) in [6.45, 7) is 4.86. The first-order valence-corrected chi connectivity index (χ1v) is 6.75. The van der Waals surface area contributed by atoms with Gasteiger partial charge < -0.3 is 9.84 Å². The van der Waals surface area contributed by atoms with Crippen molar-refractivity contribution >= 4 is 0 Å². The highest BCUT2D eigenvalue weighted by molar-refractivity contribution is 5.08. The van der Waals surface area contributed by atoms with Crippen molar-refractivity contribution in [2.75, 3.05) is 6.61 Å². The molecule has 1 aliphatic rings. The quantitative estimate of drug-likeness (QED) is 0.889. The Kier molecular flexibility index (Phi) is 4.02. The van der Waals surface area contributed by atoms with Crippen molar-refractivity contribution in [3.05, 3.63) is 11.9 Å². The third-order valence-corrected chi connectivity index (χ3v) is 4.08. The number of aliphatic hydroxyl groups is 1. The van der Waals surface area contributed by atoms with Crippen molar-refractivity contribution in [3.8, 4) is 0 Å². The summed E-state index contributed by atoms with van der Waals surface area (Å²) in [7, 11) is 1.80. The number of rotatable bonds is 4. The molecule has 1 saturated carbocycles. The predicted octanol–water partition coefficient (Wildman–Crippen LogP) is 1.83. The second-order valence-corrected chi connectivity index (χ2v) is 5.37. The van der Waals surface area contributed by atoms with Crippen molar-refractivity contribution in [2.24, 2.45) is 13.0 Å². The van der Waals surface area contributed by atoms with E-state index in [4.69, 9.17) is 4.74 Å². The summed E-state index contributed by atoms with van der Waals surface area (Å²) in [5.41, 5.74) is 0.273. The van der Waals surface area contributed by atoms with Gasteiger partial charge in [0.1, 0.15) is 6.10 Å². The number of hydrogen-bond donors (Lipinski definition) is 1. The SMILES string of the molecule is CCOC1(C(O)c2cnnn2C)CCC(C)CC1. The lowest BCUT2D eigenvalue weighted by molar-refractivity contribution is -0.148. The Morgan fingerprint density at radius 3 is 2.72 bits per heavy atom. The van der Waals surface area contributed by atoms with E-state index in [2.05, 4.69) is 17.2 Å². The Labute approximate surface area is 108 Å². The van der Waals surface area contributed by atoms with Crippen LogP contribution in [0.5, 0.6) is 0 Å². The Bertz CT molecular complexity index is 383. The summed E-state index contributed by atoms with van der Waals surface area (Å²) in [6, 6.07) is 0. The van der Waals surface area contributed by atoms with Crippen LogP contribution < -0.4 is 0 Å². The minimum absolute atomic E-state index is 0.462. The highest BCUT2D eigenvalue weighted by atomic mass is 16.5. The molecule has 5 heteroatoms. The Balaban J connectivity index is 2.22. The average molecular weight is 253 g/mol. The number of aliphatic hydroxyl groups excluding tert-OH is 1. The van der Waals surface area contributed by atoms with E-state index in [-0.39, 0.29) is 0 Å². The van der Waals surface area contributed by atoms with Gasteiger partial charge in [0.05, 0.1) is 17.5 Å². The molecule has 0 aliphatic heterocycles. The molecule has 2 rings (SSSR count). The molecule has 0 saturated heterocycles. The van der Waals surface area contributed by atoms with E-state index < -0.39 is 11.7 Å². The zero-order chi connectivity index (χ0) is 13.2. The van der Waals surface area contributed by atoms with Crippen LogP contribution in [-0.4, -0.2) is 32.3 Å². The van der Waals surface area contributed by atoms with Crippen LogP contribution in [0.25, 0.3) is 0 Å². The van der Waals surface area contributed by atoms with Crippen molar-refractivity contribution in [2.45, 2.75) is 51.2 Å². The first-order valence-electron chi connectivity index (χ1n) is 6.75. The Morgan fingerprint density at radius 1 is 1.56 bits per heavy atom. The highest BCUT2D eigenvalue weighted by Gasteiger charge is 2.43. The highest BCUT2D eigenvalue weighted by Crippen LogP contribution is 2.42. The molecule has 1 unspecified atom stereocenters. The van der Waals surface area contributed by atoms with Crippen LogP contribution >= 0.6 is 0 Å². The summed E-state index contributed by atoms with van der Waals surface area (Å²) in [5, 5.41) is 18.4. The van der Waals surface area contributed by atoms with Crippen LogP contribution in [-0.2, 0) is 11.8 Å². The van der Waals surface area contributed by atoms with Crippen molar-refractivity contribution in [3.63, 3.8) is 0 Å². The number of hydrogen-bond acceptors (Lipinski definition) is 4. The molecule has 5 nitrogen and oxygen atoms in total. The van der Waals surface area contributed by atoms with E-state index in [0.29, 0.717) is 6.61 Å². The van der Waals surface area contributed by atoms with Gasteiger partial charge in [-0.25, -0.2) is 4.68 Å². The van der Waals surface area contributed by atoms with Gasteiger partial charge in [0.15, 0.2) is 0 Å². The van der Waals surface area contributed by atoms with Gasteiger partial charge >= 0.3 is 0 Å². The fourth-order valence-electron chi connectivity index (χ4n) is 2.85. The summed E-state index contributed by atoms with van der Waals surface area (Å²) < 4.78 is 7.57. The molecule has 1 aromatic rings. The molecule has 0 bridgehead atoms. The molecule has 0 spiro atoms. The van der Waals surface area contributed by atoms with Gasteiger partial charge in [-0.1, -0.05) is 12.1 Å². The molecule has 0 aromatic carbocycles. The fourth-order valence-corrected chi connectivity index (χ4v) is 2.85. The van der Waals surface area contributed by atoms with Gasteiger partial charge in [0.25, 0.3) is 0 Å². The van der Waals surface area contributed by atoms with Crippen LogP contribution in [0.3, 0.4) is 0 Å². The largest absolute Gasteiger partial charge is 0.384 e. The maximum absolute atomic E-state index is 10.7. The zero-order valence-electron chi connectivity index (χ0n) is 11.5. The first-order chi connectivity index (χ1) is 8.59. The third kappa shape index (κ3) is 2.42. The lowest BCUT2D eigenvalue weighted by atomic mass is 9.75. The Morgan fingerprint density at radius 2 is 2.22 bits per heavy atom. The molecule has 18 heavy (non-hydrogen) atoms. The molecule has 1 heterocycles. The van der Waals surface area contributed by atoms with Gasteiger partial charge in [-0.3, -0.25) is 0 Å². The third-order valence-electron chi connectivity index (χ3n) is 4.08. The van der Waals surface area contributed by atoms with Gasteiger partial charge in [0.2, 0.25) is 0 Å². The van der Waals surface area contributed by atoms with Crippen LogP contribution in [0.4, 0.5) is 0 Å². The second-order valence-electron chi connectivity index (χ2n) is 5.37. The van der Waals surface area contributed by atoms with E-state index in [9.17, 15) is 5.11 Å². The summed E-state index contributed by atoms with van der Waals surface area (Å²) in [6.07, 6.45) is 4.97. The number of aromatic nitrogens is 3. The van der Waals surface area contributed by atoms with Crippen LogP contribution in [0.1, 0.15) is 51.3 Å². The minimum atomic E-state index is -0.648. The Hall–Kier alpha value is -0.940. The van der Waals surface area contributed by atoms with Crippen LogP contribution in [0, 0.1) is 5.92 Å². The molecular weight excluding hydrogens is 230 g/mol. The predicted molar refractivity (Wildman–Crippen MR) is 68.0 cm³/mol. The van der Waals surface area contributed by atoms with E-state index in [1.54, 1.807) is 17.9 Å². The van der Waals surface area contributed by atoms with Crippen molar-refractivity contribution < 1.29 is 9.84 Å². The van der Waals surface area contributed by atoms with Gasteiger partial charge in [-0.2, -0.15) is 0 Å². The molecule has 1 aliphatic carbocycles. The van der Waals surface area contributed by atoms with E-state index >= 15 is 0 Å². The zero-order valence-corrected chi connectivity index (χ0v) is 11.5. The average Bonchev–Trinajstić information content (AvgIpc) is 2.78. The summed E-state index contributed by atoms with van der Waals surface area (Å²) in [4.78, 5) is 0. The van der Waals surface area contributed by atoms with Crippen molar-refractivity contribution in [1.29, 1.82) is 0 Å². The molecule has 1 atom stereocenters. The molecule has 102 valence electrons. The van der Waals surface area contributed by atoms with Crippen LogP contribution in [0.15, 0.2) is 6.20 Å².